The van der Waals surface area contributed by atoms with Gasteiger partial charge in [-0.1, -0.05) is 12.1 Å². The molecule has 0 atom stereocenters. The molecule has 5 nitrogen and oxygen atoms in total. The third kappa shape index (κ3) is 3.50. The van der Waals surface area contributed by atoms with E-state index in [9.17, 15) is 9.59 Å². The second-order valence-corrected chi connectivity index (χ2v) is 6.57. The lowest BCUT2D eigenvalue weighted by atomic mass is 10.1. The molecule has 1 aliphatic rings. The van der Waals surface area contributed by atoms with Crippen LogP contribution >= 0.6 is 0 Å². The predicted octanol–water partition coefficient (Wildman–Crippen LogP) is 2.92. The van der Waals surface area contributed by atoms with Crippen LogP contribution in [-0.4, -0.2) is 38.0 Å². The van der Waals surface area contributed by atoms with Gasteiger partial charge in [0, 0.05) is 37.3 Å². The Morgan fingerprint density at radius 3 is 2.16 bits per heavy atom. The Morgan fingerprint density at radius 2 is 1.52 bits per heavy atom. The van der Waals surface area contributed by atoms with E-state index < -0.39 is 0 Å². The molecular weight excluding hydrogens is 314 g/mol. The van der Waals surface area contributed by atoms with Gasteiger partial charge in [-0.25, -0.2) is 0 Å². The zero-order valence-electron chi connectivity index (χ0n) is 14.8. The lowest BCUT2D eigenvalue weighted by Gasteiger charge is -2.35. The number of hydrogen-bond donors (Lipinski definition) is 1. The van der Waals surface area contributed by atoms with E-state index in [1.54, 1.807) is 29.2 Å². The summed E-state index contributed by atoms with van der Waals surface area (Å²) >= 11 is 0. The summed E-state index contributed by atoms with van der Waals surface area (Å²) in [6, 6.07) is 14.8. The number of fused-ring (bicyclic) bond motifs is 1. The fourth-order valence-corrected chi connectivity index (χ4v) is 2.98. The van der Waals surface area contributed by atoms with Gasteiger partial charge in [0.2, 0.25) is 0 Å². The van der Waals surface area contributed by atoms with Crippen molar-refractivity contribution >= 4 is 23.2 Å². The van der Waals surface area contributed by atoms with Crippen LogP contribution in [0.25, 0.3) is 0 Å². The molecule has 0 aliphatic carbocycles. The number of para-hydroxylation sites is 2. The summed E-state index contributed by atoms with van der Waals surface area (Å²) in [6.07, 6.45) is 0. The fourth-order valence-electron chi connectivity index (χ4n) is 2.98. The molecule has 0 saturated heterocycles. The number of nitrogens with zero attached hydrogens (tertiary/aromatic N) is 2. The van der Waals surface area contributed by atoms with Crippen molar-refractivity contribution < 1.29 is 9.59 Å². The summed E-state index contributed by atoms with van der Waals surface area (Å²) in [7, 11) is 2.03. The van der Waals surface area contributed by atoms with Crippen molar-refractivity contribution in [1.82, 2.24) is 5.32 Å². The molecule has 0 bridgehead atoms. The molecule has 1 aliphatic heterocycles. The van der Waals surface area contributed by atoms with Crippen molar-refractivity contribution in [2.45, 2.75) is 19.9 Å². The minimum absolute atomic E-state index is 0.0450. The van der Waals surface area contributed by atoms with Gasteiger partial charge in [-0.15, -0.1) is 0 Å². The van der Waals surface area contributed by atoms with E-state index in [0.717, 1.165) is 17.9 Å². The summed E-state index contributed by atoms with van der Waals surface area (Å²) < 4.78 is 0. The van der Waals surface area contributed by atoms with E-state index in [1.807, 2.05) is 45.2 Å². The standard InChI is InChI=1S/C20H23N3O2/c1-14(2)21-19(24)15-8-10-16(11-9-15)20(25)23-13-12-22(3)17-6-4-5-7-18(17)23/h4-11,14H,12-13H2,1-3H3,(H,21,24). The third-order valence-electron chi connectivity index (χ3n) is 4.30. The smallest absolute Gasteiger partial charge is 0.258 e. The fraction of sp³-hybridized carbons (Fsp3) is 0.300. The van der Waals surface area contributed by atoms with Gasteiger partial charge in [-0.3, -0.25) is 9.59 Å². The normalized spacial score (nSPS) is 13.6. The summed E-state index contributed by atoms with van der Waals surface area (Å²) in [4.78, 5) is 28.9. The second kappa shape index (κ2) is 6.97. The third-order valence-corrected chi connectivity index (χ3v) is 4.30. The van der Waals surface area contributed by atoms with Crippen LogP contribution in [0.2, 0.25) is 0 Å². The van der Waals surface area contributed by atoms with Crippen LogP contribution in [-0.2, 0) is 0 Å². The first-order valence-electron chi connectivity index (χ1n) is 8.50. The van der Waals surface area contributed by atoms with Gasteiger partial charge in [0.1, 0.15) is 0 Å². The van der Waals surface area contributed by atoms with Crippen molar-refractivity contribution in [3.63, 3.8) is 0 Å². The van der Waals surface area contributed by atoms with Gasteiger partial charge in [0.15, 0.2) is 0 Å². The highest BCUT2D eigenvalue weighted by Crippen LogP contribution is 2.32. The Balaban J connectivity index is 1.82. The largest absolute Gasteiger partial charge is 0.371 e. The lowest BCUT2D eigenvalue weighted by molar-refractivity contribution is 0.0940. The average Bonchev–Trinajstić information content (AvgIpc) is 2.61. The molecule has 3 rings (SSSR count). The van der Waals surface area contributed by atoms with Crippen LogP contribution in [0.4, 0.5) is 11.4 Å². The van der Waals surface area contributed by atoms with Crippen molar-refractivity contribution in [1.29, 1.82) is 0 Å². The molecule has 0 spiro atoms. The molecule has 25 heavy (non-hydrogen) atoms. The molecule has 5 heteroatoms. The first-order chi connectivity index (χ1) is 12.0. The molecule has 2 aromatic carbocycles. The van der Waals surface area contributed by atoms with E-state index in [4.69, 9.17) is 0 Å². The topological polar surface area (TPSA) is 52.7 Å². The maximum absolute atomic E-state index is 12.9. The molecule has 0 aromatic heterocycles. The number of likely N-dealkylation sites (N-methyl/N-ethyl adjacent to an activating group) is 1. The average molecular weight is 337 g/mol. The minimum Gasteiger partial charge on any atom is -0.371 e. The van der Waals surface area contributed by atoms with Crippen LogP contribution in [0.1, 0.15) is 34.6 Å². The zero-order valence-corrected chi connectivity index (χ0v) is 14.8. The highest BCUT2D eigenvalue weighted by molar-refractivity contribution is 6.08. The van der Waals surface area contributed by atoms with Gasteiger partial charge >= 0.3 is 0 Å². The van der Waals surface area contributed by atoms with E-state index in [2.05, 4.69) is 10.2 Å². The molecule has 1 N–H and O–H groups in total. The van der Waals surface area contributed by atoms with Gasteiger partial charge in [0.25, 0.3) is 11.8 Å². The Kier molecular flexibility index (Phi) is 4.74. The Morgan fingerprint density at radius 1 is 0.920 bits per heavy atom. The van der Waals surface area contributed by atoms with E-state index in [1.165, 1.54) is 0 Å². The second-order valence-electron chi connectivity index (χ2n) is 6.57. The van der Waals surface area contributed by atoms with E-state index in [-0.39, 0.29) is 17.9 Å². The number of nitrogens with one attached hydrogen (secondary N) is 1. The summed E-state index contributed by atoms with van der Waals surface area (Å²) in [5.74, 6) is -0.171. The summed E-state index contributed by atoms with van der Waals surface area (Å²) in [6.45, 7) is 5.26. The number of hydrogen-bond acceptors (Lipinski definition) is 3. The van der Waals surface area contributed by atoms with E-state index in [0.29, 0.717) is 17.7 Å². The Hall–Kier alpha value is -2.82. The molecule has 130 valence electrons. The number of carbonyl (C=O) groups is 2. The Labute approximate surface area is 148 Å². The van der Waals surface area contributed by atoms with Crippen LogP contribution in [0, 0.1) is 0 Å². The number of carbonyl (C=O) groups excluding carboxylic acids is 2. The van der Waals surface area contributed by atoms with Crippen molar-refractivity contribution in [2.75, 3.05) is 29.9 Å². The number of benzene rings is 2. The van der Waals surface area contributed by atoms with Crippen molar-refractivity contribution in [3.05, 3.63) is 59.7 Å². The molecule has 0 radical (unpaired) electrons. The van der Waals surface area contributed by atoms with Gasteiger partial charge in [-0.05, 0) is 50.2 Å². The molecule has 2 amide bonds. The highest BCUT2D eigenvalue weighted by Gasteiger charge is 2.25. The zero-order chi connectivity index (χ0) is 18.0. The number of anilines is 2. The van der Waals surface area contributed by atoms with E-state index >= 15 is 0 Å². The minimum atomic E-state index is -0.126. The quantitative estimate of drug-likeness (QED) is 0.937. The Bertz CT molecular complexity index is 784. The number of rotatable bonds is 3. The predicted molar refractivity (Wildman–Crippen MR) is 100 cm³/mol. The molecule has 2 aromatic rings. The highest BCUT2D eigenvalue weighted by atomic mass is 16.2. The maximum Gasteiger partial charge on any atom is 0.258 e. The first-order valence-corrected chi connectivity index (χ1v) is 8.50. The van der Waals surface area contributed by atoms with Crippen LogP contribution in [0.5, 0.6) is 0 Å². The molecule has 0 saturated carbocycles. The van der Waals surface area contributed by atoms with Crippen LogP contribution < -0.4 is 15.1 Å². The number of amides is 2. The molecule has 0 unspecified atom stereocenters. The van der Waals surface area contributed by atoms with Gasteiger partial charge in [-0.2, -0.15) is 0 Å². The van der Waals surface area contributed by atoms with Gasteiger partial charge < -0.3 is 15.1 Å². The monoisotopic (exact) mass is 337 g/mol. The van der Waals surface area contributed by atoms with Crippen LogP contribution in [0.3, 0.4) is 0 Å². The maximum atomic E-state index is 12.9. The molecule has 1 heterocycles. The van der Waals surface area contributed by atoms with Crippen LogP contribution in [0.15, 0.2) is 48.5 Å². The lowest BCUT2D eigenvalue weighted by Crippen LogP contribution is -2.42. The first kappa shape index (κ1) is 17.0. The summed E-state index contributed by atoms with van der Waals surface area (Å²) in [5.41, 5.74) is 3.11. The van der Waals surface area contributed by atoms with Gasteiger partial charge in [0.05, 0.1) is 11.4 Å². The van der Waals surface area contributed by atoms with Crippen molar-refractivity contribution in [3.8, 4) is 0 Å². The molecule has 0 fully saturated rings. The molecular formula is C20H23N3O2. The SMILES string of the molecule is CC(C)NC(=O)c1ccc(C(=O)N2CCN(C)c3ccccc32)cc1. The van der Waals surface area contributed by atoms with Crippen molar-refractivity contribution in [2.24, 2.45) is 0 Å². The summed E-state index contributed by atoms with van der Waals surface area (Å²) in [5, 5.41) is 2.85.